The molecule has 0 amide bonds. The zero-order valence-electron chi connectivity index (χ0n) is 16.4. The molecule has 2 aliphatic heterocycles. The summed E-state index contributed by atoms with van der Waals surface area (Å²) < 4.78 is 13.3. The number of aromatic nitrogens is 2. The van der Waals surface area contributed by atoms with E-state index in [0.29, 0.717) is 17.5 Å². The summed E-state index contributed by atoms with van der Waals surface area (Å²) in [5.74, 6) is 3.01. The Morgan fingerprint density at radius 3 is 2.54 bits per heavy atom. The quantitative estimate of drug-likeness (QED) is 0.481. The summed E-state index contributed by atoms with van der Waals surface area (Å²) in [5, 5.41) is 8.07. The molecule has 0 radical (unpaired) electrons. The van der Waals surface area contributed by atoms with Crippen molar-refractivity contribution in [1.29, 1.82) is 0 Å². The average Bonchev–Trinajstić information content (AvgIpc) is 2.74. The number of hydrogen-bond donors (Lipinski definition) is 2. The highest BCUT2D eigenvalue weighted by atomic mass is 127. The van der Waals surface area contributed by atoms with Crippen molar-refractivity contribution in [2.75, 3.05) is 63.7 Å². The number of benzene rings is 1. The van der Waals surface area contributed by atoms with Gasteiger partial charge in [-0.3, -0.25) is 0 Å². The molecule has 3 heterocycles. The van der Waals surface area contributed by atoms with Crippen molar-refractivity contribution in [1.82, 2.24) is 18.4 Å². The van der Waals surface area contributed by atoms with Gasteiger partial charge < -0.3 is 25.0 Å². The lowest BCUT2D eigenvalue weighted by molar-refractivity contribution is 0.356. The van der Waals surface area contributed by atoms with Gasteiger partial charge in [0.05, 0.1) is 19.7 Å². The fourth-order valence-corrected chi connectivity index (χ4v) is 4.18. The van der Waals surface area contributed by atoms with Crippen LogP contribution < -0.4 is 25.0 Å². The molecule has 2 N–H and O–H groups in total. The number of ether oxygens (including phenoxy) is 2. The van der Waals surface area contributed by atoms with Gasteiger partial charge in [-0.25, -0.2) is 8.10 Å². The summed E-state index contributed by atoms with van der Waals surface area (Å²) in [4.78, 5) is 12.1. The lowest BCUT2D eigenvalue weighted by Gasteiger charge is -2.32. The van der Waals surface area contributed by atoms with E-state index in [1.807, 2.05) is 12.1 Å². The normalized spacial score (nSPS) is 21.0. The number of rotatable bonds is 5. The molecule has 152 valence electrons. The summed E-state index contributed by atoms with van der Waals surface area (Å²) in [6, 6.07) is 4.27. The molecule has 0 unspecified atom stereocenters. The Balaban J connectivity index is 1.75. The Morgan fingerprint density at radius 1 is 1.11 bits per heavy atom. The Morgan fingerprint density at radius 2 is 1.86 bits per heavy atom. The molecule has 0 bridgehead atoms. The molecule has 28 heavy (non-hydrogen) atoms. The van der Waals surface area contributed by atoms with Crippen molar-refractivity contribution in [2.24, 2.45) is 0 Å². The van der Waals surface area contributed by atoms with Crippen LogP contribution in [0.1, 0.15) is 12.8 Å². The second-order valence-electron chi connectivity index (χ2n) is 7.18. The fraction of sp³-hybridized carbons (Fsp3) is 0.579. The van der Waals surface area contributed by atoms with Crippen molar-refractivity contribution in [3.63, 3.8) is 0 Å². The zero-order chi connectivity index (χ0) is 19.5. The summed E-state index contributed by atoms with van der Waals surface area (Å²) in [7, 11) is 3.30. The van der Waals surface area contributed by atoms with Gasteiger partial charge in [0.1, 0.15) is 5.82 Å². The van der Waals surface area contributed by atoms with E-state index in [4.69, 9.17) is 19.4 Å². The SMILES string of the molecule is COc1cc2nc(N3CCN(I)CC3)nc(N[C@H]3CCCNC3)c2cc1OC. The van der Waals surface area contributed by atoms with Crippen LogP contribution in [0.5, 0.6) is 11.5 Å². The molecular weight excluding hydrogens is 471 g/mol. The Hall–Kier alpha value is -1.59. The third-order valence-corrected chi connectivity index (χ3v) is 6.30. The number of fused-ring (bicyclic) bond motifs is 1. The summed E-state index contributed by atoms with van der Waals surface area (Å²) >= 11 is 2.38. The number of halogens is 1. The molecule has 1 aromatic carbocycles. The van der Waals surface area contributed by atoms with Crippen molar-refractivity contribution >= 4 is 45.5 Å². The van der Waals surface area contributed by atoms with Crippen molar-refractivity contribution in [3.05, 3.63) is 12.1 Å². The molecule has 2 saturated heterocycles. The number of hydrogen-bond acceptors (Lipinski definition) is 8. The van der Waals surface area contributed by atoms with E-state index in [1.54, 1.807) is 14.2 Å². The first-order chi connectivity index (χ1) is 13.7. The lowest BCUT2D eigenvalue weighted by atomic mass is 10.1. The fourth-order valence-electron chi connectivity index (χ4n) is 3.75. The van der Waals surface area contributed by atoms with Gasteiger partial charge in [0.2, 0.25) is 5.95 Å². The molecule has 0 spiro atoms. The van der Waals surface area contributed by atoms with Gasteiger partial charge in [0, 0.05) is 73.1 Å². The second-order valence-corrected chi connectivity index (χ2v) is 8.55. The molecule has 1 aromatic heterocycles. The minimum Gasteiger partial charge on any atom is -0.493 e. The zero-order valence-corrected chi connectivity index (χ0v) is 18.5. The van der Waals surface area contributed by atoms with Gasteiger partial charge >= 0.3 is 0 Å². The molecular formula is C19H27IN6O2. The first-order valence-corrected chi connectivity index (χ1v) is 10.7. The third-order valence-electron chi connectivity index (χ3n) is 5.33. The third kappa shape index (κ3) is 4.20. The van der Waals surface area contributed by atoms with Crippen molar-refractivity contribution < 1.29 is 9.47 Å². The maximum atomic E-state index is 5.51. The standard InChI is InChI=1S/C19H27IN6O2/c1-27-16-10-14-15(11-17(16)28-2)23-19(25-6-8-26(20)9-7-25)24-18(14)22-13-4-3-5-21-12-13/h10-11,13,21H,3-9,12H2,1-2H3,(H,22,23,24)/t13-/m0/s1. The molecule has 2 aliphatic rings. The van der Waals surface area contributed by atoms with E-state index >= 15 is 0 Å². The highest BCUT2D eigenvalue weighted by Crippen LogP contribution is 2.35. The van der Waals surface area contributed by atoms with Crippen LogP contribution in [0.15, 0.2) is 12.1 Å². The smallest absolute Gasteiger partial charge is 0.227 e. The van der Waals surface area contributed by atoms with E-state index in [1.165, 1.54) is 6.42 Å². The van der Waals surface area contributed by atoms with Gasteiger partial charge in [-0.15, -0.1) is 0 Å². The monoisotopic (exact) mass is 498 g/mol. The van der Waals surface area contributed by atoms with Gasteiger partial charge in [0.25, 0.3) is 0 Å². The summed E-state index contributed by atoms with van der Waals surface area (Å²) in [5.41, 5.74) is 0.867. The van der Waals surface area contributed by atoms with Crippen molar-refractivity contribution in [3.8, 4) is 11.5 Å². The molecule has 0 aliphatic carbocycles. The topological polar surface area (TPSA) is 74.8 Å². The van der Waals surface area contributed by atoms with Gasteiger partial charge in [-0.1, -0.05) is 0 Å². The molecule has 2 aromatic rings. The van der Waals surface area contributed by atoms with E-state index in [2.05, 4.69) is 41.5 Å². The number of piperazine rings is 1. The minimum atomic E-state index is 0.360. The van der Waals surface area contributed by atoms with Crippen LogP contribution in [0.3, 0.4) is 0 Å². The highest BCUT2D eigenvalue weighted by Gasteiger charge is 2.22. The van der Waals surface area contributed by atoms with E-state index in [-0.39, 0.29) is 0 Å². The van der Waals surface area contributed by atoms with Gasteiger partial charge in [-0.2, -0.15) is 4.98 Å². The number of anilines is 2. The number of nitrogens with zero attached hydrogens (tertiary/aromatic N) is 4. The van der Waals surface area contributed by atoms with Crippen LogP contribution in [0.2, 0.25) is 0 Å². The molecule has 9 heteroatoms. The van der Waals surface area contributed by atoms with Crippen LogP contribution in [0.4, 0.5) is 11.8 Å². The predicted octanol–water partition coefficient (Wildman–Crippen LogP) is 2.28. The van der Waals surface area contributed by atoms with Crippen LogP contribution >= 0.6 is 22.9 Å². The maximum Gasteiger partial charge on any atom is 0.227 e. The van der Waals surface area contributed by atoms with Gasteiger partial charge in [-0.05, 0) is 25.5 Å². The summed E-state index contributed by atoms with van der Waals surface area (Å²) in [6.45, 7) is 5.88. The molecule has 0 saturated carbocycles. The number of nitrogens with one attached hydrogen (secondary N) is 2. The molecule has 8 nitrogen and oxygen atoms in total. The Labute approximate surface area is 179 Å². The lowest BCUT2D eigenvalue weighted by Crippen LogP contribution is -2.43. The van der Waals surface area contributed by atoms with Crippen LogP contribution in [0, 0.1) is 0 Å². The van der Waals surface area contributed by atoms with Crippen molar-refractivity contribution in [2.45, 2.75) is 18.9 Å². The van der Waals surface area contributed by atoms with Crippen LogP contribution in [-0.4, -0.2) is 72.6 Å². The Kier molecular flexibility index (Phi) is 6.22. The minimum absolute atomic E-state index is 0.360. The first kappa shape index (κ1) is 19.7. The highest BCUT2D eigenvalue weighted by molar-refractivity contribution is 14.1. The van der Waals surface area contributed by atoms with E-state index in [0.717, 1.165) is 68.4 Å². The number of methoxy groups -OCH3 is 2. The Bertz CT molecular complexity index is 822. The maximum absolute atomic E-state index is 5.51. The first-order valence-electron chi connectivity index (χ1n) is 9.74. The largest absolute Gasteiger partial charge is 0.493 e. The van der Waals surface area contributed by atoms with Gasteiger partial charge in [0.15, 0.2) is 11.5 Å². The van der Waals surface area contributed by atoms with E-state index in [9.17, 15) is 0 Å². The number of piperidine rings is 1. The average molecular weight is 498 g/mol. The molecule has 2 fully saturated rings. The van der Waals surface area contributed by atoms with E-state index < -0.39 is 0 Å². The molecule has 4 rings (SSSR count). The second kappa shape index (κ2) is 8.83. The predicted molar refractivity (Wildman–Crippen MR) is 120 cm³/mol. The molecule has 1 atom stereocenters. The van der Waals surface area contributed by atoms with Crippen LogP contribution in [0.25, 0.3) is 10.9 Å². The summed E-state index contributed by atoms with van der Waals surface area (Å²) in [6.07, 6.45) is 2.30. The van der Waals surface area contributed by atoms with Crippen LogP contribution in [-0.2, 0) is 0 Å².